The van der Waals surface area contributed by atoms with Crippen LogP contribution in [0.5, 0.6) is 0 Å². The van der Waals surface area contributed by atoms with E-state index in [2.05, 4.69) is 10.2 Å². The molecule has 0 bridgehead atoms. The summed E-state index contributed by atoms with van der Waals surface area (Å²) in [6.45, 7) is 3.16. The van der Waals surface area contributed by atoms with Gasteiger partial charge in [-0.25, -0.2) is 0 Å². The van der Waals surface area contributed by atoms with Crippen molar-refractivity contribution in [2.24, 2.45) is 11.8 Å². The molecule has 0 aromatic heterocycles. The highest BCUT2D eigenvalue weighted by Gasteiger charge is 2.26. The molecular weight excluding hydrogens is 236 g/mol. The van der Waals surface area contributed by atoms with E-state index in [0.717, 1.165) is 50.6 Å². The number of hydrogen-bond donors (Lipinski definition) is 1. The standard InChI is InChI=1S/C16H28N2O/c19-16(7-6-13-2-1-3-13)18-10-8-15(9-11-18)17-12-14-4-5-14/h13-15,17H,1-12H2. The van der Waals surface area contributed by atoms with Gasteiger partial charge in [-0.2, -0.15) is 0 Å². The first-order valence-electron chi connectivity index (χ1n) is 8.32. The van der Waals surface area contributed by atoms with Crippen molar-refractivity contribution in [3.63, 3.8) is 0 Å². The Morgan fingerprint density at radius 2 is 1.74 bits per heavy atom. The molecule has 1 amide bonds. The predicted octanol–water partition coefficient (Wildman–Crippen LogP) is 2.56. The molecule has 1 N–H and O–H groups in total. The van der Waals surface area contributed by atoms with Gasteiger partial charge in [-0.1, -0.05) is 19.3 Å². The van der Waals surface area contributed by atoms with E-state index in [1.165, 1.54) is 38.6 Å². The van der Waals surface area contributed by atoms with Gasteiger partial charge >= 0.3 is 0 Å². The fourth-order valence-electron chi connectivity index (χ4n) is 3.26. The van der Waals surface area contributed by atoms with Gasteiger partial charge < -0.3 is 10.2 Å². The van der Waals surface area contributed by atoms with E-state index in [1.807, 2.05) is 0 Å². The van der Waals surface area contributed by atoms with Crippen LogP contribution in [0.25, 0.3) is 0 Å². The summed E-state index contributed by atoms with van der Waals surface area (Å²) in [5, 5.41) is 3.67. The van der Waals surface area contributed by atoms with Crippen LogP contribution in [0.2, 0.25) is 0 Å². The predicted molar refractivity (Wildman–Crippen MR) is 76.9 cm³/mol. The molecule has 0 radical (unpaired) electrons. The van der Waals surface area contributed by atoms with Gasteiger partial charge in [0, 0.05) is 25.6 Å². The number of hydrogen-bond acceptors (Lipinski definition) is 2. The van der Waals surface area contributed by atoms with Crippen molar-refractivity contribution in [1.82, 2.24) is 10.2 Å². The molecule has 3 fully saturated rings. The average molecular weight is 264 g/mol. The molecule has 1 aliphatic heterocycles. The van der Waals surface area contributed by atoms with Crippen molar-refractivity contribution in [1.29, 1.82) is 0 Å². The second-order valence-electron chi connectivity index (χ2n) is 6.84. The van der Waals surface area contributed by atoms with Crippen molar-refractivity contribution in [3.8, 4) is 0 Å². The van der Waals surface area contributed by atoms with Crippen LogP contribution >= 0.6 is 0 Å². The van der Waals surface area contributed by atoms with Crippen LogP contribution in [0.3, 0.4) is 0 Å². The maximum Gasteiger partial charge on any atom is 0.222 e. The quantitative estimate of drug-likeness (QED) is 0.799. The lowest BCUT2D eigenvalue weighted by Gasteiger charge is -2.33. The summed E-state index contributed by atoms with van der Waals surface area (Å²) in [6.07, 6.45) is 11.2. The lowest BCUT2D eigenvalue weighted by Crippen LogP contribution is -2.45. The smallest absolute Gasteiger partial charge is 0.222 e. The lowest BCUT2D eigenvalue weighted by atomic mass is 9.82. The van der Waals surface area contributed by atoms with E-state index in [-0.39, 0.29) is 0 Å². The minimum Gasteiger partial charge on any atom is -0.343 e. The monoisotopic (exact) mass is 264 g/mol. The summed E-state index contributed by atoms with van der Waals surface area (Å²) >= 11 is 0. The van der Waals surface area contributed by atoms with Crippen LogP contribution in [0.15, 0.2) is 0 Å². The molecule has 0 unspecified atom stereocenters. The molecule has 3 heteroatoms. The molecule has 0 aromatic rings. The molecule has 2 aliphatic carbocycles. The molecule has 2 saturated carbocycles. The summed E-state index contributed by atoms with van der Waals surface area (Å²) in [4.78, 5) is 14.2. The maximum atomic E-state index is 12.1. The number of carbonyl (C=O) groups excluding carboxylic acids is 1. The number of piperidine rings is 1. The molecular formula is C16H28N2O. The van der Waals surface area contributed by atoms with Gasteiger partial charge in [0.25, 0.3) is 0 Å². The highest BCUT2D eigenvalue weighted by Crippen LogP contribution is 2.31. The molecule has 3 nitrogen and oxygen atoms in total. The third-order valence-electron chi connectivity index (χ3n) is 5.23. The number of nitrogens with zero attached hydrogens (tertiary/aromatic N) is 1. The molecule has 1 saturated heterocycles. The maximum absolute atomic E-state index is 12.1. The second-order valence-corrected chi connectivity index (χ2v) is 6.84. The highest BCUT2D eigenvalue weighted by atomic mass is 16.2. The second kappa shape index (κ2) is 6.25. The lowest BCUT2D eigenvalue weighted by molar-refractivity contribution is -0.132. The summed E-state index contributed by atoms with van der Waals surface area (Å²) < 4.78 is 0. The summed E-state index contributed by atoms with van der Waals surface area (Å²) in [6, 6.07) is 0.663. The molecule has 0 aromatic carbocycles. The van der Waals surface area contributed by atoms with Crippen LogP contribution in [-0.4, -0.2) is 36.5 Å². The van der Waals surface area contributed by atoms with Gasteiger partial charge in [-0.3, -0.25) is 4.79 Å². The Hall–Kier alpha value is -0.570. The van der Waals surface area contributed by atoms with Gasteiger partial charge in [-0.05, 0) is 50.5 Å². The number of likely N-dealkylation sites (tertiary alicyclic amines) is 1. The fraction of sp³-hybridized carbons (Fsp3) is 0.938. The first-order chi connectivity index (χ1) is 9.31. The van der Waals surface area contributed by atoms with Crippen molar-refractivity contribution in [2.45, 2.75) is 63.8 Å². The van der Waals surface area contributed by atoms with Crippen molar-refractivity contribution in [2.75, 3.05) is 19.6 Å². The van der Waals surface area contributed by atoms with Gasteiger partial charge in [0.1, 0.15) is 0 Å². The Morgan fingerprint density at radius 1 is 1.00 bits per heavy atom. The summed E-state index contributed by atoms with van der Waals surface area (Å²) in [7, 11) is 0. The minimum absolute atomic E-state index is 0.410. The van der Waals surface area contributed by atoms with Gasteiger partial charge in [0.15, 0.2) is 0 Å². The Bertz CT molecular complexity index is 302. The Labute approximate surface area is 117 Å². The topological polar surface area (TPSA) is 32.3 Å². The molecule has 0 spiro atoms. The Kier molecular flexibility index (Phi) is 4.42. The van der Waals surface area contributed by atoms with E-state index in [4.69, 9.17) is 0 Å². The zero-order valence-corrected chi connectivity index (χ0v) is 12.1. The zero-order chi connectivity index (χ0) is 13.1. The molecule has 0 atom stereocenters. The number of amides is 1. The summed E-state index contributed by atoms with van der Waals surface area (Å²) in [5.41, 5.74) is 0. The van der Waals surface area contributed by atoms with E-state index in [1.54, 1.807) is 0 Å². The normalized spacial score (nSPS) is 25.4. The number of carbonyl (C=O) groups is 1. The van der Waals surface area contributed by atoms with Gasteiger partial charge in [0.2, 0.25) is 5.91 Å². The van der Waals surface area contributed by atoms with Gasteiger partial charge in [0.05, 0.1) is 0 Å². The van der Waals surface area contributed by atoms with E-state index < -0.39 is 0 Å². The van der Waals surface area contributed by atoms with E-state index >= 15 is 0 Å². The fourth-order valence-corrected chi connectivity index (χ4v) is 3.26. The number of rotatable bonds is 6. The van der Waals surface area contributed by atoms with E-state index in [9.17, 15) is 4.79 Å². The number of nitrogens with one attached hydrogen (secondary N) is 1. The van der Waals surface area contributed by atoms with Crippen LogP contribution < -0.4 is 5.32 Å². The minimum atomic E-state index is 0.410. The Morgan fingerprint density at radius 3 is 2.32 bits per heavy atom. The molecule has 3 aliphatic rings. The molecule has 19 heavy (non-hydrogen) atoms. The Balaban J connectivity index is 1.30. The van der Waals surface area contributed by atoms with Crippen molar-refractivity contribution in [3.05, 3.63) is 0 Å². The molecule has 1 heterocycles. The average Bonchev–Trinajstić information content (AvgIpc) is 3.19. The highest BCUT2D eigenvalue weighted by molar-refractivity contribution is 5.76. The molecule has 3 rings (SSSR count). The zero-order valence-electron chi connectivity index (χ0n) is 12.1. The SMILES string of the molecule is O=C(CCC1CCC1)N1CCC(NCC2CC2)CC1. The van der Waals surface area contributed by atoms with Crippen molar-refractivity contribution >= 4 is 5.91 Å². The van der Waals surface area contributed by atoms with Crippen molar-refractivity contribution < 1.29 is 4.79 Å². The first-order valence-corrected chi connectivity index (χ1v) is 8.32. The van der Waals surface area contributed by atoms with Crippen LogP contribution in [0, 0.1) is 11.8 Å². The first kappa shape index (κ1) is 13.4. The largest absolute Gasteiger partial charge is 0.343 e. The molecule has 108 valence electrons. The van der Waals surface area contributed by atoms with Crippen LogP contribution in [0.4, 0.5) is 0 Å². The third-order valence-corrected chi connectivity index (χ3v) is 5.23. The third kappa shape index (κ3) is 3.95. The summed E-state index contributed by atoms with van der Waals surface area (Å²) in [5.74, 6) is 2.23. The van der Waals surface area contributed by atoms with Crippen LogP contribution in [0.1, 0.15) is 57.8 Å². The van der Waals surface area contributed by atoms with E-state index in [0.29, 0.717) is 11.9 Å². The van der Waals surface area contributed by atoms with Crippen LogP contribution in [-0.2, 0) is 4.79 Å². The van der Waals surface area contributed by atoms with Gasteiger partial charge in [-0.15, -0.1) is 0 Å².